The van der Waals surface area contributed by atoms with E-state index in [-0.39, 0.29) is 17.4 Å². The standard InChI is InChI=1S/C36H26ClN3O3S2/c37-26-16-14-24(15-17-26)22-29(39-35(42)25-8-2-1-3-9-25)36(43)38-27-18-20-28(21-19-27)44-23-34(41)40-30-10-4-6-12-32(30)45-33-13-7-5-11-31(33)40/h1-22H,23H2,(H,38,43)(H,39,42). The second-order valence-corrected chi connectivity index (χ2v) is 12.5. The van der Waals surface area contributed by atoms with Gasteiger partial charge >= 0.3 is 0 Å². The molecule has 1 aliphatic heterocycles. The van der Waals surface area contributed by atoms with E-state index >= 15 is 0 Å². The van der Waals surface area contributed by atoms with Crippen LogP contribution < -0.4 is 15.5 Å². The number of amides is 3. The molecular weight excluding hydrogens is 622 g/mol. The monoisotopic (exact) mass is 647 g/mol. The fraction of sp³-hybridized carbons (Fsp3) is 0.0278. The van der Waals surface area contributed by atoms with Gasteiger partial charge in [-0.05, 0) is 84.4 Å². The third kappa shape index (κ3) is 7.32. The number of rotatable bonds is 8. The fourth-order valence-corrected chi connectivity index (χ4v) is 6.62. The molecule has 2 N–H and O–H groups in total. The first-order valence-corrected chi connectivity index (χ1v) is 16.2. The summed E-state index contributed by atoms with van der Waals surface area (Å²) < 4.78 is 0. The van der Waals surface area contributed by atoms with Crippen molar-refractivity contribution in [2.75, 3.05) is 16.0 Å². The molecule has 5 aromatic carbocycles. The van der Waals surface area contributed by atoms with E-state index in [1.165, 1.54) is 11.8 Å². The van der Waals surface area contributed by atoms with Crippen LogP contribution in [0.5, 0.6) is 0 Å². The third-order valence-electron chi connectivity index (χ3n) is 6.87. The quantitative estimate of drug-likeness (QED) is 0.130. The number of halogens is 1. The summed E-state index contributed by atoms with van der Waals surface area (Å²) in [7, 11) is 0. The minimum Gasteiger partial charge on any atom is -0.321 e. The van der Waals surface area contributed by atoms with Crippen LogP contribution in [0.15, 0.2) is 148 Å². The lowest BCUT2D eigenvalue weighted by Gasteiger charge is -2.31. The predicted molar refractivity (Wildman–Crippen MR) is 183 cm³/mol. The Bertz CT molecular complexity index is 1850. The minimum atomic E-state index is -0.481. The van der Waals surface area contributed by atoms with E-state index in [9.17, 15) is 14.4 Å². The first kappa shape index (κ1) is 30.3. The maximum atomic E-state index is 13.5. The molecule has 0 aliphatic carbocycles. The van der Waals surface area contributed by atoms with Crippen molar-refractivity contribution in [1.29, 1.82) is 0 Å². The molecule has 0 unspecified atom stereocenters. The summed E-state index contributed by atoms with van der Waals surface area (Å²) in [5.74, 6) is -0.674. The second-order valence-electron chi connectivity index (χ2n) is 9.96. The summed E-state index contributed by atoms with van der Waals surface area (Å²) in [5.41, 5.74) is 3.52. The second kappa shape index (κ2) is 13.9. The number of thioether (sulfide) groups is 1. The van der Waals surface area contributed by atoms with Gasteiger partial charge in [-0.2, -0.15) is 0 Å². The summed E-state index contributed by atoms with van der Waals surface area (Å²) in [6, 6.07) is 38.7. The van der Waals surface area contributed by atoms with Crippen molar-refractivity contribution >= 4 is 76.0 Å². The zero-order valence-corrected chi connectivity index (χ0v) is 26.2. The molecule has 0 bridgehead atoms. The van der Waals surface area contributed by atoms with Crippen LogP contribution in [0.3, 0.4) is 0 Å². The molecule has 0 aromatic heterocycles. The lowest BCUT2D eigenvalue weighted by atomic mass is 10.1. The molecular formula is C36H26ClN3O3S2. The third-order valence-corrected chi connectivity index (χ3v) is 9.24. The number of carbonyl (C=O) groups excluding carboxylic acids is 3. The topological polar surface area (TPSA) is 78.5 Å². The molecule has 3 amide bonds. The van der Waals surface area contributed by atoms with Crippen LogP contribution in [0.25, 0.3) is 6.08 Å². The molecule has 6 nitrogen and oxygen atoms in total. The fourth-order valence-electron chi connectivity index (χ4n) is 4.68. The number of para-hydroxylation sites is 2. The summed E-state index contributed by atoms with van der Waals surface area (Å²) in [5, 5.41) is 6.16. The molecule has 5 aromatic rings. The van der Waals surface area contributed by atoms with Crippen molar-refractivity contribution in [3.8, 4) is 0 Å². The van der Waals surface area contributed by atoms with Crippen LogP contribution in [0.2, 0.25) is 5.02 Å². The van der Waals surface area contributed by atoms with Gasteiger partial charge in [-0.15, -0.1) is 11.8 Å². The van der Waals surface area contributed by atoms with Gasteiger partial charge in [0.1, 0.15) is 5.70 Å². The Hall–Kier alpha value is -4.76. The normalized spacial score (nSPS) is 12.1. The first-order chi connectivity index (χ1) is 21.9. The highest BCUT2D eigenvalue weighted by Crippen LogP contribution is 2.48. The van der Waals surface area contributed by atoms with Gasteiger partial charge in [0.15, 0.2) is 0 Å². The smallest absolute Gasteiger partial charge is 0.272 e. The Kier molecular flexibility index (Phi) is 9.35. The van der Waals surface area contributed by atoms with E-state index in [1.54, 1.807) is 83.4 Å². The molecule has 9 heteroatoms. The summed E-state index contributed by atoms with van der Waals surface area (Å²) in [6.45, 7) is 0. The van der Waals surface area contributed by atoms with Gasteiger partial charge in [-0.1, -0.05) is 78.0 Å². The van der Waals surface area contributed by atoms with Crippen molar-refractivity contribution < 1.29 is 14.4 Å². The number of carbonyl (C=O) groups is 3. The number of anilines is 3. The van der Waals surface area contributed by atoms with Crippen molar-refractivity contribution in [2.24, 2.45) is 0 Å². The average molecular weight is 648 g/mol. The van der Waals surface area contributed by atoms with Gasteiger partial charge in [0, 0.05) is 31.0 Å². The highest BCUT2D eigenvalue weighted by atomic mass is 35.5. The van der Waals surface area contributed by atoms with E-state index in [0.29, 0.717) is 21.8 Å². The van der Waals surface area contributed by atoms with E-state index in [1.807, 2.05) is 66.7 Å². The minimum absolute atomic E-state index is 0.0243. The number of benzene rings is 5. The first-order valence-electron chi connectivity index (χ1n) is 14.0. The summed E-state index contributed by atoms with van der Waals surface area (Å²) in [4.78, 5) is 44.5. The van der Waals surface area contributed by atoms with E-state index in [2.05, 4.69) is 10.6 Å². The molecule has 0 spiro atoms. The number of hydrogen-bond acceptors (Lipinski definition) is 5. The zero-order chi connectivity index (χ0) is 31.2. The predicted octanol–water partition coefficient (Wildman–Crippen LogP) is 8.67. The maximum Gasteiger partial charge on any atom is 0.272 e. The van der Waals surface area contributed by atoms with Crippen molar-refractivity contribution in [3.63, 3.8) is 0 Å². The Morgan fingerprint density at radius 2 is 1.33 bits per heavy atom. The Morgan fingerprint density at radius 3 is 1.98 bits per heavy atom. The van der Waals surface area contributed by atoms with Crippen LogP contribution in [0, 0.1) is 0 Å². The molecule has 0 radical (unpaired) electrons. The van der Waals surface area contributed by atoms with Crippen molar-refractivity contribution in [1.82, 2.24) is 5.32 Å². The summed E-state index contributed by atoms with van der Waals surface area (Å²) in [6.07, 6.45) is 1.59. The largest absolute Gasteiger partial charge is 0.321 e. The highest BCUT2D eigenvalue weighted by molar-refractivity contribution is 8.00. The molecule has 45 heavy (non-hydrogen) atoms. The highest BCUT2D eigenvalue weighted by Gasteiger charge is 2.27. The lowest BCUT2D eigenvalue weighted by Crippen LogP contribution is -2.30. The molecule has 0 saturated heterocycles. The summed E-state index contributed by atoms with van der Waals surface area (Å²) >= 11 is 9.11. The average Bonchev–Trinajstić information content (AvgIpc) is 3.07. The SMILES string of the molecule is O=C(Nc1ccc(SCC(=O)N2c3ccccc3Sc3ccccc32)cc1)C(=Cc1ccc(Cl)cc1)NC(=O)c1ccccc1. The van der Waals surface area contributed by atoms with Crippen molar-refractivity contribution in [2.45, 2.75) is 14.7 Å². The molecule has 0 fully saturated rings. The van der Waals surface area contributed by atoms with Crippen LogP contribution in [0.4, 0.5) is 17.1 Å². The molecule has 222 valence electrons. The number of nitrogens with zero attached hydrogens (tertiary/aromatic N) is 1. The number of hydrogen-bond donors (Lipinski definition) is 2. The Morgan fingerprint density at radius 1 is 0.733 bits per heavy atom. The molecule has 6 rings (SSSR count). The maximum absolute atomic E-state index is 13.5. The van der Waals surface area contributed by atoms with Crippen molar-refractivity contribution in [3.05, 3.63) is 149 Å². The van der Waals surface area contributed by atoms with Crippen LogP contribution >= 0.6 is 35.1 Å². The van der Waals surface area contributed by atoms with Gasteiger partial charge < -0.3 is 10.6 Å². The van der Waals surface area contributed by atoms with Gasteiger partial charge in [0.05, 0.1) is 17.1 Å². The van der Waals surface area contributed by atoms with Crippen LogP contribution in [0.1, 0.15) is 15.9 Å². The van der Waals surface area contributed by atoms with E-state index in [4.69, 9.17) is 11.6 Å². The molecule has 1 aliphatic rings. The molecule has 0 saturated carbocycles. The molecule has 0 atom stereocenters. The van der Waals surface area contributed by atoms with E-state index < -0.39 is 11.8 Å². The van der Waals surface area contributed by atoms with Crippen LogP contribution in [-0.4, -0.2) is 23.5 Å². The Labute approximate surface area is 274 Å². The van der Waals surface area contributed by atoms with Gasteiger partial charge in [-0.3, -0.25) is 19.3 Å². The van der Waals surface area contributed by atoms with Gasteiger partial charge in [0.2, 0.25) is 5.91 Å². The zero-order valence-electron chi connectivity index (χ0n) is 23.8. The van der Waals surface area contributed by atoms with Gasteiger partial charge in [0.25, 0.3) is 11.8 Å². The Balaban J connectivity index is 1.14. The van der Waals surface area contributed by atoms with E-state index in [0.717, 1.165) is 26.1 Å². The number of nitrogens with one attached hydrogen (secondary N) is 2. The molecule has 1 heterocycles. The van der Waals surface area contributed by atoms with Crippen LogP contribution in [-0.2, 0) is 9.59 Å². The number of fused-ring (bicyclic) bond motifs is 2. The van der Waals surface area contributed by atoms with Gasteiger partial charge in [-0.25, -0.2) is 0 Å². The lowest BCUT2D eigenvalue weighted by molar-refractivity contribution is -0.115.